The van der Waals surface area contributed by atoms with Gasteiger partial charge in [0.15, 0.2) is 11.6 Å². The summed E-state index contributed by atoms with van der Waals surface area (Å²) in [7, 11) is 1.40. The molecule has 0 saturated heterocycles. The van der Waals surface area contributed by atoms with Gasteiger partial charge in [-0.1, -0.05) is 29.8 Å². The van der Waals surface area contributed by atoms with Gasteiger partial charge in [-0.15, -0.1) is 0 Å². The highest BCUT2D eigenvalue weighted by atomic mass is 35.5. The van der Waals surface area contributed by atoms with Gasteiger partial charge in [0.25, 0.3) is 5.91 Å². The molecule has 1 heterocycles. The van der Waals surface area contributed by atoms with Gasteiger partial charge in [0.05, 0.1) is 13.2 Å². The summed E-state index contributed by atoms with van der Waals surface area (Å²) in [4.78, 5) is 15.1. The number of carbonyl (C=O) groups is 1. The second-order valence-electron chi connectivity index (χ2n) is 7.37. The Bertz CT molecular complexity index is 1070. The summed E-state index contributed by atoms with van der Waals surface area (Å²) in [5, 5.41) is 4.23. The Morgan fingerprint density at radius 3 is 2.57 bits per heavy atom. The first-order chi connectivity index (χ1) is 14.5. The molecule has 4 nitrogen and oxygen atoms in total. The van der Waals surface area contributed by atoms with E-state index in [1.165, 1.54) is 19.2 Å². The summed E-state index contributed by atoms with van der Waals surface area (Å²) in [5.74, 6) is -0.670. The highest BCUT2D eigenvalue weighted by Gasteiger charge is 2.34. The number of nitrogens with zero attached hydrogens (tertiary/aromatic N) is 1. The van der Waals surface area contributed by atoms with Crippen LogP contribution in [0.3, 0.4) is 0 Å². The molecule has 3 aromatic carbocycles. The van der Waals surface area contributed by atoms with Crippen molar-refractivity contribution in [1.82, 2.24) is 0 Å². The summed E-state index contributed by atoms with van der Waals surface area (Å²) in [5.41, 5.74) is 3.10. The van der Waals surface area contributed by atoms with Crippen LogP contribution in [0.4, 0.5) is 15.8 Å². The van der Waals surface area contributed by atoms with Gasteiger partial charge in [-0.25, -0.2) is 4.39 Å². The van der Waals surface area contributed by atoms with E-state index >= 15 is 0 Å². The normalized spacial score (nSPS) is 17.9. The van der Waals surface area contributed by atoms with Crippen molar-refractivity contribution in [3.05, 3.63) is 88.7 Å². The molecular weight excluding hydrogens is 403 g/mol. The van der Waals surface area contributed by atoms with E-state index in [-0.39, 0.29) is 23.7 Å². The third-order valence-corrected chi connectivity index (χ3v) is 5.64. The number of methoxy groups -OCH3 is 1. The fourth-order valence-corrected chi connectivity index (χ4v) is 4.07. The summed E-state index contributed by atoms with van der Waals surface area (Å²) in [6, 6.07) is 19.6. The van der Waals surface area contributed by atoms with Crippen molar-refractivity contribution in [2.24, 2.45) is 0 Å². The molecule has 1 aliphatic rings. The molecule has 154 valence electrons. The molecule has 0 radical (unpaired) electrons. The van der Waals surface area contributed by atoms with E-state index in [0.717, 1.165) is 16.9 Å². The molecule has 4 rings (SSSR count). The van der Waals surface area contributed by atoms with Crippen LogP contribution in [0, 0.1) is 5.82 Å². The quantitative estimate of drug-likeness (QED) is 0.551. The van der Waals surface area contributed by atoms with Gasteiger partial charge >= 0.3 is 0 Å². The number of fused-ring (bicyclic) bond motifs is 1. The average Bonchev–Trinajstić information content (AvgIpc) is 2.75. The second kappa shape index (κ2) is 8.36. The lowest BCUT2D eigenvalue weighted by Gasteiger charge is -2.40. The molecule has 0 fully saturated rings. The van der Waals surface area contributed by atoms with Crippen LogP contribution in [0.1, 0.15) is 35.3 Å². The fourth-order valence-electron chi connectivity index (χ4n) is 3.94. The molecule has 0 spiro atoms. The summed E-state index contributed by atoms with van der Waals surface area (Å²) in [6.45, 7) is 2.00. The third kappa shape index (κ3) is 3.85. The number of nitrogens with one attached hydrogen (secondary N) is 1. The number of rotatable bonds is 4. The zero-order valence-electron chi connectivity index (χ0n) is 16.7. The van der Waals surface area contributed by atoms with Crippen LogP contribution in [-0.2, 0) is 0 Å². The number of halogens is 2. The minimum absolute atomic E-state index is 0.0361. The molecule has 0 bridgehead atoms. The Morgan fingerprint density at radius 1 is 1.13 bits per heavy atom. The highest BCUT2D eigenvalue weighted by molar-refractivity contribution is 6.30. The third-order valence-electron chi connectivity index (χ3n) is 5.39. The van der Waals surface area contributed by atoms with E-state index in [1.54, 1.807) is 11.0 Å². The number of hydrogen-bond donors (Lipinski definition) is 1. The van der Waals surface area contributed by atoms with Crippen LogP contribution in [0.15, 0.2) is 66.7 Å². The summed E-state index contributed by atoms with van der Waals surface area (Å²) < 4.78 is 19.2. The first-order valence-corrected chi connectivity index (χ1v) is 10.1. The van der Waals surface area contributed by atoms with E-state index in [9.17, 15) is 9.18 Å². The van der Waals surface area contributed by atoms with Gasteiger partial charge in [0, 0.05) is 28.0 Å². The number of anilines is 2. The van der Waals surface area contributed by atoms with Gasteiger partial charge in [0.2, 0.25) is 0 Å². The lowest BCUT2D eigenvalue weighted by atomic mass is 9.90. The molecule has 1 amide bonds. The summed E-state index contributed by atoms with van der Waals surface area (Å²) >= 11 is 5.99. The number of para-hydroxylation sites is 1. The smallest absolute Gasteiger partial charge is 0.258 e. The molecule has 0 saturated carbocycles. The Morgan fingerprint density at radius 2 is 1.87 bits per heavy atom. The van der Waals surface area contributed by atoms with Crippen LogP contribution < -0.4 is 15.0 Å². The van der Waals surface area contributed by atoms with Crippen molar-refractivity contribution in [3.8, 4) is 5.75 Å². The molecule has 1 aliphatic heterocycles. The van der Waals surface area contributed by atoms with E-state index in [4.69, 9.17) is 16.3 Å². The van der Waals surface area contributed by atoms with Gasteiger partial charge < -0.3 is 15.0 Å². The monoisotopic (exact) mass is 424 g/mol. The Balaban J connectivity index is 1.67. The van der Waals surface area contributed by atoms with Crippen LogP contribution in [0.5, 0.6) is 5.75 Å². The van der Waals surface area contributed by atoms with Gasteiger partial charge in [-0.2, -0.15) is 0 Å². The van der Waals surface area contributed by atoms with Crippen LogP contribution >= 0.6 is 11.6 Å². The molecule has 30 heavy (non-hydrogen) atoms. The largest absolute Gasteiger partial charge is 0.494 e. The molecule has 0 aromatic heterocycles. The number of ether oxygens (including phenoxy) is 1. The average molecular weight is 425 g/mol. The number of amides is 1. The van der Waals surface area contributed by atoms with Crippen molar-refractivity contribution in [2.45, 2.75) is 25.4 Å². The zero-order chi connectivity index (χ0) is 21.3. The molecule has 2 atom stereocenters. The van der Waals surface area contributed by atoms with Crippen LogP contribution in [-0.4, -0.2) is 19.1 Å². The molecule has 0 aliphatic carbocycles. The topological polar surface area (TPSA) is 41.6 Å². The minimum Gasteiger partial charge on any atom is -0.494 e. The first-order valence-electron chi connectivity index (χ1n) is 9.76. The Hall–Kier alpha value is -3.05. The van der Waals surface area contributed by atoms with Crippen LogP contribution in [0.2, 0.25) is 5.02 Å². The molecule has 6 heteroatoms. The maximum absolute atomic E-state index is 14.2. The van der Waals surface area contributed by atoms with Crippen molar-refractivity contribution >= 4 is 28.9 Å². The first kappa shape index (κ1) is 20.2. The number of benzene rings is 3. The number of hydrogen-bond acceptors (Lipinski definition) is 3. The van der Waals surface area contributed by atoms with Crippen molar-refractivity contribution in [2.75, 3.05) is 17.3 Å². The SMILES string of the molecule is COc1ccc(C(=O)N2c3ccccc3C(Nc3ccc(Cl)cc3)CC2C)cc1F. The van der Waals surface area contributed by atoms with Gasteiger partial charge in [-0.05, 0) is 67.4 Å². The molecule has 2 unspecified atom stereocenters. The molecule has 1 N–H and O–H groups in total. The predicted molar refractivity (Wildman–Crippen MR) is 118 cm³/mol. The van der Waals surface area contributed by atoms with Crippen molar-refractivity contribution in [1.29, 1.82) is 0 Å². The van der Waals surface area contributed by atoms with E-state index in [1.807, 2.05) is 55.5 Å². The highest BCUT2D eigenvalue weighted by Crippen LogP contribution is 2.39. The Kier molecular flexibility index (Phi) is 5.64. The number of carbonyl (C=O) groups excluding carboxylic acids is 1. The molecule has 3 aromatic rings. The van der Waals surface area contributed by atoms with Gasteiger partial charge in [-0.3, -0.25) is 4.79 Å². The lowest BCUT2D eigenvalue weighted by molar-refractivity contribution is 0.0973. The van der Waals surface area contributed by atoms with Gasteiger partial charge in [0.1, 0.15) is 0 Å². The predicted octanol–water partition coefficient (Wildman–Crippen LogP) is 6.08. The zero-order valence-corrected chi connectivity index (χ0v) is 17.5. The van der Waals surface area contributed by atoms with E-state index < -0.39 is 5.82 Å². The fraction of sp³-hybridized carbons (Fsp3) is 0.208. The Labute approximate surface area is 180 Å². The van der Waals surface area contributed by atoms with Crippen LogP contribution in [0.25, 0.3) is 0 Å². The second-order valence-corrected chi connectivity index (χ2v) is 7.81. The maximum atomic E-state index is 14.2. The minimum atomic E-state index is -0.552. The molecular formula is C24H22ClFN2O2. The van der Waals surface area contributed by atoms with E-state index in [0.29, 0.717) is 17.0 Å². The van der Waals surface area contributed by atoms with E-state index in [2.05, 4.69) is 5.32 Å². The maximum Gasteiger partial charge on any atom is 0.258 e. The summed E-state index contributed by atoms with van der Waals surface area (Å²) in [6.07, 6.45) is 0.712. The lowest BCUT2D eigenvalue weighted by Crippen LogP contribution is -2.44. The standard InChI is InChI=1S/C24H22ClFN2O2/c1-15-13-21(27-18-10-8-17(25)9-11-18)19-5-3-4-6-22(19)28(15)24(29)16-7-12-23(30-2)20(26)14-16/h3-12,14-15,21,27H,13H2,1-2H3. The van der Waals surface area contributed by atoms with Crippen molar-refractivity contribution < 1.29 is 13.9 Å². The van der Waals surface area contributed by atoms with Crippen molar-refractivity contribution in [3.63, 3.8) is 0 Å².